The molecule has 0 spiro atoms. The molecule has 4 rings (SSSR count). The van der Waals surface area contributed by atoms with Crippen molar-refractivity contribution in [2.24, 2.45) is 0 Å². The second-order valence-electron chi connectivity index (χ2n) is 8.32. The van der Waals surface area contributed by atoms with Crippen molar-refractivity contribution in [3.8, 4) is 11.4 Å². The van der Waals surface area contributed by atoms with Crippen LogP contribution in [0.1, 0.15) is 36.5 Å². The van der Waals surface area contributed by atoms with Gasteiger partial charge >= 0.3 is 0 Å². The molecule has 1 N–H and O–H groups in total. The molecule has 35 heavy (non-hydrogen) atoms. The van der Waals surface area contributed by atoms with E-state index in [9.17, 15) is 4.79 Å². The first kappa shape index (κ1) is 25.3. The molecule has 0 atom stereocenters. The first-order chi connectivity index (χ1) is 16.8. The molecule has 9 heteroatoms. The third-order valence-corrected chi connectivity index (χ3v) is 7.19. The van der Waals surface area contributed by atoms with E-state index in [1.165, 1.54) is 18.4 Å². The van der Waals surface area contributed by atoms with Gasteiger partial charge in [0.2, 0.25) is 0 Å². The first-order valence-corrected chi connectivity index (χ1v) is 12.4. The van der Waals surface area contributed by atoms with Crippen molar-refractivity contribution in [2.75, 3.05) is 11.9 Å². The van der Waals surface area contributed by atoms with E-state index in [-0.39, 0.29) is 28.3 Å². The minimum absolute atomic E-state index is 0.238. The van der Waals surface area contributed by atoms with E-state index in [4.69, 9.17) is 39.5 Å². The number of hydrogen-bond acceptors (Lipinski definition) is 4. The van der Waals surface area contributed by atoms with Crippen LogP contribution in [0, 0.1) is 13.8 Å². The lowest BCUT2D eigenvalue weighted by molar-refractivity contribution is -0.118. The fraction of sp³-hybridized carbons (Fsp3) is 0.269. The van der Waals surface area contributed by atoms with Crippen LogP contribution in [0.3, 0.4) is 0 Å². The molecule has 0 aliphatic heterocycles. The largest absolute Gasteiger partial charge is 0.481 e. The molecule has 1 amide bonds. The Morgan fingerprint density at radius 3 is 2.26 bits per heavy atom. The third kappa shape index (κ3) is 5.56. The maximum Gasteiger partial charge on any atom is 0.262 e. The molecule has 0 unspecified atom stereocenters. The molecule has 0 fully saturated rings. The van der Waals surface area contributed by atoms with Crippen LogP contribution in [0.5, 0.6) is 5.75 Å². The van der Waals surface area contributed by atoms with Gasteiger partial charge in [0, 0.05) is 10.7 Å². The number of carbonyl (C=O) groups excluding carboxylic acids is 1. The molecule has 4 aromatic rings. The van der Waals surface area contributed by atoms with Gasteiger partial charge in [-0.3, -0.25) is 4.79 Å². The zero-order valence-electron chi connectivity index (χ0n) is 19.7. The Bertz CT molecular complexity index is 1350. The van der Waals surface area contributed by atoms with Crippen LogP contribution in [0.4, 0.5) is 5.69 Å². The Morgan fingerprint density at radius 2 is 1.60 bits per heavy atom. The van der Waals surface area contributed by atoms with Crippen molar-refractivity contribution in [1.82, 2.24) is 15.0 Å². The monoisotopic (exact) mass is 530 g/mol. The normalized spacial score (nSPS) is 11.1. The summed E-state index contributed by atoms with van der Waals surface area (Å²) < 4.78 is 5.64. The maximum absolute atomic E-state index is 12.5. The minimum Gasteiger partial charge on any atom is -0.481 e. The molecule has 1 heterocycles. The number of amides is 1. The third-order valence-electron chi connectivity index (χ3n) is 5.71. The molecule has 3 aromatic carbocycles. The number of ether oxygens (including phenoxy) is 1. The molecule has 0 radical (unpaired) electrons. The smallest absolute Gasteiger partial charge is 0.262 e. The van der Waals surface area contributed by atoms with Crippen LogP contribution < -0.4 is 10.1 Å². The Morgan fingerprint density at radius 1 is 0.943 bits per heavy atom. The Kier molecular flexibility index (Phi) is 7.85. The van der Waals surface area contributed by atoms with E-state index in [1.54, 1.807) is 30.8 Å². The average molecular weight is 532 g/mol. The van der Waals surface area contributed by atoms with Crippen LogP contribution in [0.15, 0.2) is 42.5 Å². The first-order valence-electron chi connectivity index (χ1n) is 11.3. The highest BCUT2D eigenvalue weighted by Crippen LogP contribution is 2.42. The highest BCUT2D eigenvalue weighted by atomic mass is 35.5. The number of halogens is 3. The van der Waals surface area contributed by atoms with Gasteiger partial charge in [0.1, 0.15) is 11.0 Å². The summed E-state index contributed by atoms with van der Waals surface area (Å²) in [6.07, 6.45) is 3.40. The number of fused-ring (bicyclic) bond motifs is 1. The SMILES string of the molecule is CCCCc1ccc(-n2nc3ccc(NC(=O)COc4c(Cl)c(C)c(Cl)c(C)c4Cl)cc3n2)cc1. The number of rotatable bonds is 8. The van der Waals surface area contributed by atoms with Gasteiger partial charge < -0.3 is 10.1 Å². The van der Waals surface area contributed by atoms with Crippen LogP contribution in [0.25, 0.3) is 16.7 Å². The summed E-state index contributed by atoms with van der Waals surface area (Å²) in [5.74, 6) is -0.126. The van der Waals surface area contributed by atoms with Crippen molar-refractivity contribution >= 4 is 57.4 Å². The van der Waals surface area contributed by atoms with Gasteiger partial charge in [0.05, 0.1) is 15.7 Å². The number of nitrogens with zero attached hydrogens (tertiary/aromatic N) is 3. The highest BCUT2D eigenvalue weighted by molar-refractivity contribution is 6.42. The lowest BCUT2D eigenvalue weighted by atomic mass is 10.1. The molecular formula is C26H25Cl3N4O2. The number of hydrogen-bond donors (Lipinski definition) is 1. The second-order valence-corrected chi connectivity index (χ2v) is 9.45. The van der Waals surface area contributed by atoms with Crippen LogP contribution in [-0.2, 0) is 11.2 Å². The number of aromatic nitrogens is 3. The van der Waals surface area contributed by atoms with Gasteiger partial charge in [-0.15, -0.1) is 10.2 Å². The van der Waals surface area contributed by atoms with Gasteiger partial charge in [-0.2, -0.15) is 4.80 Å². The van der Waals surface area contributed by atoms with Crippen LogP contribution in [-0.4, -0.2) is 27.5 Å². The molecule has 1 aromatic heterocycles. The molecule has 6 nitrogen and oxygen atoms in total. The summed E-state index contributed by atoms with van der Waals surface area (Å²) in [6.45, 7) is 5.45. The van der Waals surface area contributed by atoms with Crippen molar-refractivity contribution in [1.29, 1.82) is 0 Å². The molecule has 0 saturated carbocycles. The van der Waals surface area contributed by atoms with E-state index in [2.05, 4.69) is 34.6 Å². The average Bonchev–Trinajstić information content (AvgIpc) is 3.29. The van der Waals surface area contributed by atoms with Gasteiger partial charge in [0.25, 0.3) is 5.91 Å². The summed E-state index contributed by atoms with van der Waals surface area (Å²) in [4.78, 5) is 14.1. The van der Waals surface area contributed by atoms with Crippen molar-refractivity contribution in [3.63, 3.8) is 0 Å². The fourth-order valence-electron chi connectivity index (χ4n) is 3.66. The number of unbranched alkanes of at least 4 members (excludes halogenated alkanes) is 1. The van der Waals surface area contributed by atoms with E-state index in [0.29, 0.717) is 27.4 Å². The van der Waals surface area contributed by atoms with Gasteiger partial charge in [0.15, 0.2) is 12.4 Å². The van der Waals surface area contributed by atoms with E-state index >= 15 is 0 Å². The zero-order chi connectivity index (χ0) is 25.1. The summed E-state index contributed by atoms with van der Waals surface area (Å²) in [6, 6.07) is 13.6. The number of nitrogens with one attached hydrogen (secondary N) is 1. The number of anilines is 1. The maximum atomic E-state index is 12.5. The second kappa shape index (κ2) is 10.9. The molecular weight excluding hydrogens is 507 g/mol. The molecule has 0 bridgehead atoms. The Balaban J connectivity index is 1.44. The zero-order valence-corrected chi connectivity index (χ0v) is 21.9. The van der Waals surface area contributed by atoms with Crippen LogP contribution in [0.2, 0.25) is 15.1 Å². The standard InChI is InChI=1S/C26H25Cl3N4O2/c1-4-5-6-17-7-10-19(11-8-17)33-31-20-12-9-18(13-21(20)32-33)30-22(34)14-35-26-24(28)15(2)23(27)16(3)25(26)29/h7-13H,4-6,14H2,1-3H3,(H,30,34). The Hall–Kier alpha value is -2.80. The highest BCUT2D eigenvalue weighted by Gasteiger charge is 2.19. The van der Waals surface area contributed by atoms with Crippen molar-refractivity contribution in [3.05, 3.63) is 74.2 Å². The lowest BCUT2D eigenvalue weighted by Crippen LogP contribution is -2.20. The number of carbonyl (C=O) groups is 1. The summed E-state index contributed by atoms with van der Waals surface area (Å²) in [5, 5.41) is 13.0. The van der Waals surface area contributed by atoms with Crippen molar-refractivity contribution < 1.29 is 9.53 Å². The van der Waals surface area contributed by atoms with Gasteiger partial charge in [-0.1, -0.05) is 60.3 Å². The fourth-order valence-corrected chi connectivity index (χ4v) is 4.48. The Labute approximate surface area is 219 Å². The quantitative estimate of drug-likeness (QED) is 0.258. The summed E-state index contributed by atoms with van der Waals surface area (Å²) in [5.41, 5.74) is 5.43. The predicted molar refractivity (Wildman–Crippen MR) is 143 cm³/mol. The van der Waals surface area contributed by atoms with Gasteiger partial charge in [-0.05, 0) is 73.7 Å². The van der Waals surface area contributed by atoms with Crippen LogP contribution >= 0.6 is 34.8 Å². The number of benzene rings is 3. The topological polar surface area (TPSA) is 69.0 Å². The lowest BCUT2D eigenvalue weighted by Gasteiger charge is -2.15. The van der Waals surface area contributed by atoms with E-state index in [1.807, 2.05) is 18.2 Å². The van der Waals surface area contributed by atoms with Gasteiger partial charge in [-0.25, -0.2) is 0 Å². The summed E-state index contributed by atoms with van der Waals surface area (Å²) in [7, 11) is 0. The predicted octanol–water partition coefficient (Wildman–Crippen LogP) is 7.36. The molecule has 0 aliphatic rings. The minimum atomic E-state index is -0.364. The molecule has 0 aliphatic carbocycles. The van der Waals surface area contributed by atoms with E-state index < -0.39 is 0 Å². The van der Waals surface area contributed by atoms with Crippen molar-refractivity contribution in [2.45, 2.75) is 40.0 Å². The molecule has 182 valence electrons. The molecule has 0 saturated heterocycles. The summed E-state index contributed by atoms with van der Waals surface area (Å²) >= 11 is 18.9. The number of aryl methyl sites for hydroxylation is 1. The van der Waals surface area contributed by atoms with E-state index in [0.717, 1.165) is 17.6 Å².